The van der Waals surface area contributed by atoms with Crippen LogP contribution in [0.1, 0.15) is 23.0 Å². The van der Waals surface area contributed by atoms with Gasteiger partial charge in [0.05, 0.1) is 40.2 Å². The van der Waals surface area contributed by atoms with E-state index >= 15 is 0 Å². The van der Waals surface area contributed by atoms with Crippen LogP contribution in [0.2, 0.25) is 20.1 Å². The second-order valence-electron chi connectivity index (χ2n) is 9.34. The molecule has 196 valence electrons. The first kappa shape index (κ1) is 29.4. The van der Waals surface area contributed by atoms with Crippen LogP contribution in [0.5, 0.6) is 0 Å². The number of hydrogen-bond donors (Lipinski definition) is 0. The van der Waals surface area contributed by atoms with Crippen molar-refractivity contribution < 1.29 is 0 Å². The third kappa shape index (κ3) is 2.54. The predicted molar refractivity (Wildman–Crippen MR) is 160 cm³/mol. The van der Waals surface area contributed by atoms with Crippen molar-refractivity contribution in [3.63, 3.8) is 0 Å². The minimum absolute atomic E-state index is 0.000290. The molecule has 5 aliphatic carbocycles. The van der Waals surface area contributed by atoms with Crippen molar-refractivity contribution in [2.75, 3.05) is 0 Å². The number of halogens is 16. The second kappa shape index (κ2) is 8.08. The van der Waals surface area contributed by atoms with Gasteiger partial charge in [0.2, 0.25) is 0 Å². The van der Waals surface area contributed by atoms with Crippen molar-refractivity contribution in [1.82, 2.24) is 0 Å². The Morgan fingerprint density at radius 1 is 0.361 bits per heavy atom. The Balaban J connectivity index is 1.86. The first-order valence-electron chi connectivity index (χ1n) is 9.76. The van der Waals surface area contributed by atoms with Crippen LogP contribution in [0.25, 0.3) is 0 Å². The van der Waals surface area contributed by atoms with Gasteiger partial charge in [-0.2, -0.15) is 0 Å². The van der Waals surface area contributed by atoms with E-state index in [0.29, 0.717) is 11.1 Å². The van der Waals surface area contributed by atoms with Gasteiger partial charge in [0.1, 0.15) is 19.5 Å². The number of alkyl halides is 8. The molecule has 1 aromatic rings. The highest BCUT2D eigenvalue weighted by molar-refractivity contribution is 6.68. The van der Waals surface area contributed by atoms with Gasteiger partial charge in [-0.05, 0) is 11.1 Å². The maximum Gasteiger partial charge on any atom is 0.167 e. The Hall–Kier alpha value is 3.34. The fourth-order valence-electron chi connectivity index (χ4n) is 6.99. The Labute approximate surface area is 285 Å². The van der Waals surface area contributed by atoms with E-state index < -0.39 is 51.8 Å². The van der Waals surface area contributed by atoms with E-state index in [1.165, 1.54) is 0 Å². The van der Waals surface area contributed by atoms with Crippen molar-refractivity contribution in [2.24, 2.45) is 11.8 Å². The van der Waals surface area contributed by atoms with E-state index in [1.807, 2.05) is 0 Å². The molecule has 0 heterocycles. The number of benzene rings is 1. The lowest BCUT2D eigenvalue weighted by molar-refractivity contribution is 0.201. The maximum absolute atomic E-state index is 7.28. The highest BCUT2D eigenvalue weighted by Gasteiger charge is 2.92. The molecule has 8 atom stereocenters. The number of allylic oxidation sites excluding steroid dienone is 4. The molecule has 2 fully saturated rings. The lowest BCUT2D eigenvalue weighted by Crippen LogP contribution is -2.53. The minimum atomic E-state index is -2.00. The summed E-state index contributed by atoms with van der Waals surface area (Å²) in [5, 5.41) is -0.425. The van der Waals surface area contributed by atoms with Crippen molar-refractivity contribution in [2.45, 2.75) is 40.0 Å². The van der Waals surface area contributed by atoms with Crippen LogP contribution in [-0.4, -0.2) is 28.2 Å². The van der Waals surface area contributed by atoms with E-state index in [-0.39, 0.29) is 40.2 Å². The summed E-state index contributed by atoms with van der Waals surface area (Å²) in [7, 11) is 0. The summed E-state index contributed by atoms with van der Waals surface area (Å²) in [6, 6.07) is 0. The average molecular weight is 811 g/mol. The van der Waals surface area contributed by atoms with Crippen LogP contribution in [0.3, 0.4) is 0 Å². The van der Waals surface area contributed by atoms with Crippen LogP contribution in [0.15, 0.2) is 20.1 Å². The molecule has 4 bridgehead atoms. The fraction of sp³-hybridized carbons (Fsp3) is 0.500. The van der Waals surface area contributed by atoms with Crippen LogP contribution in [0.4, 0.5) is 0 Å². The maximum atomic E-state index is 7.28. The first-order chi connectivity index (χ1) is 16.3. The highest BCUT2D eigenvalue weighted by atomic mass is 35.5. The topological polar surface area (TPSA) is 0 Å². The smallest absolute Gasteiger partial charge is 0.109 e. The molecule has 0 N–H and O–H groups in total. The molecular formula is C20H4Cl16. The molecule has 0 amide bonds. The molecule has 0 unspecified atom stereocenters. The molecule has 0 aromatic heterocycles. The molecule has 0 spiro atoms. The number of fused-ring (bicyclic) bond motifs is 14. The highest BCUT2D eigenvalue weighted by Crippen LogP contribution is 2.89. The lowest BCUT2D eigenvalue weighted by atomic mass is 9.57. The van der Waals surface area contributed by atoms with E-state index in [2.05, 4.69) is 0 Å². The zero-order valence-electron chi connectivity index (χ0n) is 16.4. The monoisotopic (exact) mass is 804 g/mol. The Kier molecular flexibility index (Phi) is 6.60. The Morgan fingerprint density at radius 3 is 0.889 bits per heavy atom. The van der Waals surface area contributed by atoms with Gasteiger partial charge in [-0.3, -0.25) is 0 Å². The van der Waals surface area contributed by atoms with Gasteiger partial charge in [0.15, 0.2) is 8.67 Å². The van der Waals surface area contributed by atoms with Gasteiger partial charge in [0.25, 0.3) is 0 Å². The van der Waals surface area contributed by atoms with Crippen molar-refractivity contribution in [3.8, 4) is 0 Å². The van der Waals surface area contributed by atoms with E-state index in [4.69, 9.17) is 186 Å². The van der Waals surface area contributed by atoms with Crippen LogP contribution in [0, 0.1) is 11.8 Å². The van der Waals surface area contributed by atoms with E-state index in [0.717, 1.165) is 0 Å². The summed E-state index contributed by atoms with van der Waals surface area (Å²) < 4.78 is -4.01. The third-order valence-electron chi connectivity index (χ3n) is 8.34. The standard InChI is InChI=1S/C20H4Cl16/c21-7-1-2(8(22)10(24)9(7)23)4-6(18(32)14(28)12(26)16(4,30)20(18,35)36)5-3(1)15(29)11(25)13(27)17(5,31)19(15,33)34/h3-6H/t3-,4+,5-,6-,15-,16-,17-,18-/m0/s1. The predicted octanol–water partition coefficient (Wildman–Crippen LogP) is 12.4. The first-order valence-corrected chi connectivity index (χ1v) is 15.8. The summed E-state index contributed by atoms with van der Waals surface area (Å²) in [5.41, 5.74) is 0.593. The van der Waals surface area contributed by atoms with Gasteiger partial charge >= 0.3 is 0 Å². The average Bonchev–Trinajstić information content (AvgIpc) is 3.15. The van der Waals surface area contributed by atoms with Crippen LogP contribution in [-0.2, 0) is 0 Å². The van der Waals surface area contributed by atoms with Crippen LogP contribution >= 0.6 is 186 Å². The van der Waals surface area contributed by atoms with Crippen LogP contribution < -0.4 is 0 Å². The molecule has 0 saturated heterocycles. The van der Waals surface area contributed by atoms with Gasteiger partial charge in [-0.1, -0.05) is 139 Å². The molecule has 2 saturated carbocycles. The molecule has 36 heavy (non-hydrogen) atoms. The molecule has 5 aliphatic rings. The van der Waals surface area contributed by atoms with Crippen molar-refractivity contribution in [3.05, 3.63) is 51.3 Å². The zero-order chi connectivity index (χ0) is 27.1. The molecular weight excluding hydrogens is 807 g/mol. The van der Waals surface area contributed by atoms with E-state index in [1.54, 1.807) is 0 Å². The molecule has 1 aromatic carbocycles. The number of hydrogen-bond acceptors (Lipinski definition) is 0. The Morgan fingerprint density at radius 2 is 0.611 bits per heavy atom. The summed E-state index contributed by atoms with van der Waals surface area (Å²) in [4.78, 5) is -7.28. The summed E-state index contributed by atoms with van der Waals surface area (Å²) >= 11 is 110. The van der Waals surface area contributed by atoms with E-state index in [9.17, 15) is 0 Å². The quantitative estimate of drug-likeness (QED) is 0.139. The third-order valence-corrected chi connectivity index (χ3v) is 18.7. The minimum Gasteiger partial charge on any atom is -0.109 e. The van der Waals surface area contributed by atoms with Gasteiger partial charge in [-0.25, -0.2) is 0 Å². The molecule has 6 rings (SSSR count). The number of rotatable bonds is 0. The largest absolute Gasteiger partial charge is 0.167 e. The second-order valence-corrected chi connectivity index (χ2v) is 17.4. The van der Waals surface area contributed by atoms with Crippen molar-refractivity contribution in [1.29, 1.82) is 0 Å². The fourth-order valence-corrected chi connectivity index (χ4v) is 14.2. The zero-order valence-corrected chi connectivity index (χ0v) is 28.5. The van der Waals surface area contributed by atoms with Gasteiger partial charge in [-0.15, -0.1) is 46.4 Å². The van der Waals surface area contributed by atoms with Gasteiger partial charge in [0, 0.05) is 23.7 Å². The van der Waals surface area contributed by atoms with Crippen molar-refractivity contribution >= 4 is 186 Å². The molecule has 0 aliphatic heterocycles. The summed E-state index contributed by atoms with van der Waals surface area (Å²) in [6.07, 6.45) is 0. The lowest BCUT2D eigenvalue weighted by Gasteiger charge is -2.53. The Bertz CT molecular complexity index is 1280. The summed E-state index contributed by atoms with van der Waals surface area (Å²) in [6.45, 7) is 0. The summed E-state index contributed by atoms with van der Waals surface area (Å²) in [5.74, 6) is -3.84. The molecule has 16 heteroatoms. The normalized spacial score (nSPS) is 47.0. The SMILES string of the molecule is ClC1=C(Cl)[C@@]2(Cl)[C@@H]3c4c(Cl)c(Cl)c(Cl)c(Cl)c4[C@H]4[C@@H]([C@H]3[C@@]1(Cl)C2(Cl)Cl)[C@]1(Cl)C(Cl)=C(Cl)[C@]4(Cl)C1(Cl)Cl. The molecule has 0 nitrogen and oxygen atoms in total. The molecule has 0 radical (unpaired) electrons. The van der Waals surface area contributed by atoms with Gasteiger partial charge < -0.3 is 0 Å².